The predicted molar refractivity (Wildman–Crippen MR) is 530 cm³/mol. The van der Waals surface area contributed by atoms with Gasteiger partial charge in [-0.05, 0) is 204 Å². The number of hydrogen-bond acceptors (Lipinski definition) is 26. The third kappa shape index (κ3) is 22.6. The molecule has 10 aromatic rings. The van der Waals surface area contributed by atoms with Gasteiger partial charge in [-0.15, -0.1) is 0 Å². The van der Waals surface area contributed by atoms with Crippen LogP contribution in [-0.4, -0.2) is 248 Å². The Morgan fingerprint density at radius 1 is 0.287 bits per heavy atom. The molecule has 0 bridgehead atoms. The van der Waals surface area contributed by atoms with Crippen molar-refractivity contribution in [3.8, 4) is 30.3 Å². The number of piperidine rings is 5. The summed E-state index contributed by atoms with van der Waals surface area (Å²) in [6.07, 6.45) is 31.0. The van der Waals surface area contributed by atoms with Crippen molar-refractivity contribution in [2.75, 3.05) is 158 Å². The maximum absolute atomic E-state index is 12.3. The van der Waals surface area contributed by atoms with Crippen LogP contribution in [0.15, 0.2) is 123 Å². The molecule has 0 radical (unpaired) electrons. The summed E-state index contributed by atoms with van der Waals surface area (Å²) in [6, 6.07) is 30.3. The SMILES string of the molecule is CC1CC(CC2CCN(C)C2=O)CN(c2ccc(C#N)c3nccnc23)C1.CC1CC(CC2CCN(C)C2=O)CN(c2ccc(C#N)c3nccnc23)C1.CC1CC(CC2CCN(C)C2=O)CN(c2ccc(C#N)c3nccnc23)C1.CC1CC(CC2CCN(C)C2=O)CN(c2ccc(C#N)c3nccnc23)C1.CC1CC(N)CN(c2ccc(C#N)c3nccnc23)C1.CN1CCC(Br)C1=O. The molecule has 5 aromatic heterocycles. The lowest BCUT2D eigenvalue weighted by molar-refractivity contribution is -0.131. The first kappa shape index (κ1) is 97.6. The van der Waals surface area contributed by atoms with Crippen LogP contribution in [0.25, 0.3) is 55.2 Å². The average molecular weight is 1900 g/mol. The second kappa shape index (κ2) is 44.2. The van der Waals surface area contributed by atoms with Gasteiger partial charge in [-0.1, -0.05) is 50.5 Å². The highest BCUT2D eigenvalue weighted by molar-refractivity contribution is 9.10. The van der Waals surface area contributed by atoms with Crippen LogP contribution in [-0.2, 0) is 24.0 Å². The van der Waals surface area contributed by atoms with Gasteiger partial charge in [0.15, 0.2) is 0 Å². The molecule has 15 heterocycles. The number of carbonyl (C=O) groups is 5. The van der Waals surface area contributed by atoms with E-state index in [1.165, 1.54) is 0 Å². The Hall–Kier alpha value is -13.0. The van der Waals surface area contributed by atoms with Crippen LogP contribution in [0.4, 0.5) is 28.4 Å². The van der Waals surface area contributed by atoms with Crippen LogP contribution in [0.5, 0.6) is 0 Å². The van der Waals surface area contributed by atoms with Crippen LogP contribution >= 0.6 is 15.9 Å². The lowest BCUT2D eigenvalue weighted by Crippen LogP contribution is -2.46. The number of nitriles is 5. The van der Waals surface area contributed by atoms with Gasteiger partial charge in [0.25, 0.3) is 0 Å². The number of hydrogen-bond donors (Lipinski definition) is 1. The minimum absolute atomic E-state index is 0.0903. The van der Waals surface area contributed by atoms with E-state index in [1.54, 1.807) is 66.9 Å². The van der Waals surface area contributed by atoms with E-state index >= 15 is 0 Å². The van der Waals surface area contributed by atoms with Gasteiger partial charge in [0.2, 0.25) is 29.5 Å². The fraction of sp³-hybridized carbons (Fsp3) is 0.519. The standard InChI is InChI=1S/4C21H25N5O.C15H17N5.C5H8BrNO/c4*1-14-9-15(10-16-5-8-25(2)21(16)27)13-26(12-14)18-4-3-17(11-22)19-20(18)24-7-6-23-19;1-10-6-12(17)9-20(8-10)13-3-2-11(7-16)14-15(13)19-5-4-18-14;1-7-3-2-4(6)5(7)8/h4*3-4,6-7,14-16H,5,8-10,12-13H2,1-2H3;2-5,10,12H,6,8-9,17H2,1H3;4H,2-3H2,1H3. The number of nitrogens with two attached hydrogens (primary N) is 1. The van der Waals surface area contributed by atoms with Gasteiger partial charge in [-0.25, -0.2) is 0 Å². The first-order valence-electron chi connectivity index (χ1n) is 48.2. The Morgan fingerprint density at radius 2 is 0.485 bits per heavy atom. The second-order valence-corrected chi connectivity index (χ2v) is 41.0. The number of amides is 5. The van der Waals surface area contributed by atoms with E-state index < -0.39 is 0 Å². The van der Waals surface area contributed by atoms with E-state index in [-0.39, 0.29) is 40.4 Å². The summed E-state index contributed by atoms with van der Waals surface area (Å²) in [6.45, 7) is 25.1. The monoisotopic (exact) mass is 1900 g/mol. The van der Waals surface area contributed by atoms with Gasteiger partial charge in [-0.2, -0.15) is 26.3 Å². The van der Waals surface area contributed by atoms with Crippen molar-refractivity contribution in [2.24, 2.45) is 82.7 Å². The van der Waals surface area contributed by atoms with Crippen molar-refractivity contribution in [1.82, 2.24) is 74.3 Å². The molecule has 136 heavy (non-hydrogen) atoms. The summed E-state index contributed by atoms with van der Waals surface area (Å²) in [5, 5.41) is 46.6. The molecule has 2 N–H and O–H groups in total. The van der Waals surface area contributed by atoms with E-state index in [4.69, 9.17) is 11.0 Å². The predicted octanol–water partition coefficient (Wildman–Crippen LogP) is 13.6. The maximum atomic E-state index is 12.3. The third-order valence-corrected chi connectivity index (χ3v) is 29.8. The van der Waals surface area contributed by atoms with Crippen molar-refractivity contribution in [1.29, 1.82) is 26.3 Å². The zero-order chi connectivity index (χ0) is 96.1. The minimum atomic E-state index is 0.0903. The molecule has 10 aliphatic rings. The van der Waals surface area contributed by atoms with Crippen molar-refractivity contribution >= 4 is 129 Å². The Bertz CT molecular complexity index is 5630. The average Bonchev–Trinajstić information content (AvgIpc) is 1.48. The highest BCUT2D eigenvalue weighted by Crippen LogP contribution is 2.43. The summed E-state index contributed by atoms with van der Waals surface area (Å²) < 4.78 is 0. The van der Waals surface area contributed by atoms with Gasteiger partial charge in [0.05, 0.1) is 61.1 Å². The zero-order valence-electron chi connectivity index (χ0n) is 79.9. The largest absolute Gasteiger partial charge is 0.369 e. The van der Waals surface area contributed by atoms with Crippen LogP contribution in [0.1, 0.15) is 152 Å². The highest BCUT2D eigenvalue weighted by Gasteiger charge is 2.41. The Labute approximate surface area is 805 Å². The summed E-state index contributed by atoms with van der Waals surface area (Å²) in [5.74, 6) is 6.87. The quantitative estimate of drug-likeness (QED) is 0.105. The summed E-state index contributed by atoms with van der Waals surface area (Å²) in [5.41, 5.74) is 21.4. The van der Waals surface area contributed by atoms with Gasteiger partial charge in [0.1, 0.15) is 85.5 Å². The third-order valence-electron chi connectivity index (χ3n) is 29.0. The second-order valence-electron chi connectivity index (χ2n) is 39.9. The number of carbonyl (C=O) groups excluding carboxylic acids is 5. The molecule has 708 valence electrons. The molecule has 0 aliphatic carbocycles. The molecule has 10 fully saturated rings. The molecule has 10 saturated heterocycles. The van der Waals surface area contributed by atoms with Crippen LogP contribution in [0.3, 0.4) is 0 Å². The fourth-order valence-electron chi connectivity index (χ4n) is 22.8. The van der Waals surface area contributed by atoms with Crippen molar-refractivity contribution in [3.05, 3.63) is 150 Å². The molecule has 15 atom stereocenters. The lowest BCUT2D eigenvalue weighted by atomic mass is 9.83. The normalized spacial score (nSPS) is 25.6. The Morgan fingerprint density at radius 3 is 0.662 bits per heavy atom. The van der Waals surface area contributed by atoms with Crippen molar-refractivity contribution < 1.29 is 24.0 Å². The summed E-state index contributed by atoms with van der Waals surface area (Å²) in [7, 11) is 9.43. The van der Waals surface area contributed by atoms with Crippen LogP contribution in [0.2, 0.25) is 0 Å². The molecule has 20 rings (SSSR count). The van der Waals surface area contributed by atoms with Gasteiger partial charge in [0, 0.05) is 225 Å². The van der Waals surface area contributed by atoms with E-state index in [1.807, 2.05) is 116 Å². The number of aromatic nitrogens is 10. The Balaban J connectivity index is 0.000000127. The lowest BCUT2D eigenvalue weighted by Gasteiger charge is -2.39. The number of anilines is 5. The van der Waals surface area contributed by atoms with E-state index in [0.717, 1.165) is 244 Å². The van der Waals surface area contributed by atoms with E-state index in [0.29, 0.717) is 132 Å². The molecule has 0 saturated carbocycles. The first-order valence-corrected chi connectivity index (χ1v) is 49.2. The van der Waals surface area contributed by atoms with Crippen molar-refractivity contribution in [2.45, 2.75) is 135 Å². The molecule has 15 unspecified atom stereocenters. The summed E-state index contributed by atoms with van der Waals surface area (Å²) in [4.78, 5) is 125. The molecular weight excluding hydrogens is 1770 g/mol. The molecule has 0 spiro atoms. The van der Waals surface area contributed by atoms with Crippen LogP contribution < -0.4 is 30.2 Å². The number of fused-ring (bicyclic) bond motifs is 5. The smallest absolute Gasteiger partial charge is 0.236 e. The molecule has 31 nitrogen and oxygen atoms in total. The highest BCUT2D eigenvalue weighted by atomic mass is 79.9. The number of likely N-dealkylation sites (tertiary alicyclic amines) is 5. The van der Waals surface area contributed by atoms with Gasteiger partial charge in [-0.3, -0.25) is 73.8 Å². The number of nitrogens with zero attached hydrogens (tertiary/aromatic N) is 25. The maximum Gasteiger partial charge on any atom is 0.236 e. The van der Waals surface area contributed by atoms with Gasteiger partial charge < -0.3 is 54.7 Å². The molecule has 10 aliphatic heterocycles. The molecular formula is C104H125BrN26O5. The minimum Gasteiger partial charge on any atom is -0.369 e. The van der Waals surface area contributed by atoms with E-state index in [2.05, 4.69) is 155 Å². The zero-order valence-corrected chi connectivity index (χ0v) is 81.5. The van der Waals surface area contributed by atoms with E-state index in [9.17, 15) is 45.0 Å². The number of benzene rings is 5. The Kier molecular flexibility index (Phi) is 31.7. The topological polar surface area (TPSA) is 392 Å². The van der Waals surface area contributed by atoms with Crippen LogP contribution in [0, 0.1) is 134 Å². The fourth-order valence-corrected chi connectivity index (χ4v) is 23.3. The molecule has 5 aromatic carbocycles. The number of alkyl halides is 1. The summed E-state index contributed by atoms with van der Waals surface area (Å²) >= 11 is 3.25. The molecule has 32 heteroatoms. The first-order chi connectivity index (χ1) is 65.7. The van der Waals surface area contributed by atoms with Crippen molar-refractivity contribution in [3.63, 3.8) is 0 Å². The molecule has 5 amide bonds. The number of halogens is 1. The number of rotatable bonds is 13. The van der Waals surface area contributed by atoms with Gasteiger partial charge >= 0.3 is 0 Å².